The van der Waals surface area contributed by atoms with Gasteiger partial charge in [0.25, 0.3) is 0 Å². The van der Waals surface area contributed by atoms with Gasteiger partial charge in [-0.25, -0.2) is 4.98 Å². The van der Waals surface area contributed by atoms with Crippen LogP contribution in [0.15, 0.2) is 36.7 Å². The number of hydrogen-bond acceptors (Lipinski definition) is 5. The third-order valence-corrected chi connectivity index (χ3v) is 5.03. The van der Waals surface area contributed by atoms with E-state index in [1.54, 1.807) is 6.20 Å². The zero-order valence-electron chi connectivity index (χ0n) is 11.7. The lowest BCUT2D eigenvalue weighted by Crippen LogP contribution is -2.21. The number of amides is 1. The Hall–Kier alpha value is -2.47. The second kappa shape index (κ2) is 5.06. The summed E-state index contributed by atoms with van der Waals surface area (Å²) in [6.45, 7) is 0.449. The third-order valence-electron chi connectivity index (χ3n) is 3.99. The molecule has 0 fully saturated rings. The van der Waals surface area contributed by atoms with Gasteiger partial charge in [-0.15, -0.1) is 11.3 Å². The van der Waals surface area contributed by atoms with Crippen LogP contribution in [0.5, 0.6) is 0 Å². The van der Waals surface area contributed by atoms with Crippen molar-refractivity contribution in [3.63, 3.8) is 0 Å². The van der Waals surface area contributed by atoms with Gasteiger partial charge in [-0.1, -0.05) is 18.2 Å². The fourth-order valence-electron chi connectivity index (χ4n) is 3.02. The number of pyridine rings is 1. The lowest BCUT2D eigenvalue weighted by Gasteiger charge is -2.16. The van der Waals surface area contributed by atoms with Crippen LogP contribution in [0.2, 0.25) is 0 Å². The first-order chi connectivity index (χ1) is 10.7. The van der Waals surface area contributed by atoms with Gasteiger partial charge in [0, 0.05) is 35.0 Å². The van der Waals surface area contributed by atoms with E-state index < -0.39 is 0 Å². The zero-order valence-corrected chi connectivity index (χ0v) is 12.6. The number of anilines is 1. The van der Waals surface area contributed by atoms with Crippen LogP contribution in [0, 0.1) is 0 Å². The highest BCUT2D eigenvalue weighted by atomic mass is 32.1. The lowest BCUT2D eigenvalue weighted by molar-refractivity contribution is -0.121. The monoisotopic (exact) mass is 310 g/mol. The van der Waals surface area contributed by atoms with Crippen molar-refractivity contribution >= 4 is 33.1 Å². The van der Waals surface area contributed by atoms with Crippen molar-refractivity contribution in [2.24, 2.45) is 0 Å². The van der Waals surface area contributed by atoms with Gasteiger partial charge < -0.3 is 11.1 Å². The van der Waals surface area contributed by atoms with Gasteiger partial charge in [0.15, 0.2) is 5.13 Å². The molecule has 0 radical (unpaired) electrons. The lowest BCUT2D eigenvalue weighted by atomic mass is 9.90. The zero-order chi connectivity index (χ0) is 15.1. The standard InChI is InChI=1S/C16H14N4OS/c17-16-20-13-8-19-14(21)6-12(15(13)22-16)11-3-1-2-9-7-18-5-4-10(9)11/h1-5,7,12H,6,8H2,(H2,17,20)(H,19,21)/t12-/m0/s1. The van der Waals surface area contributed by atoms with E-state index >= 15 is 0 Å². The maximum atomic E-state index is 12.1. The second-order valence-corrected chi connectivity index (χ2v) is 6.40. The minimum absolute atomic E-state index is 0.0154. The van der Waals surface area contributed by atoms with Crippen LogP contribution in [-0.4, -0.2) is 15.9 Å². The molecule has 0 saturated carbocycles. The van der Waals surface area contributed by atoms with Gasteiger partial charge in [0.1, 0.15) is 0 Å². The van der Waals surface area contributed by atoms with E-state index in [0.29, 0.717) is 18.1 Å². The van der Waals surface area contributed by atoms with E-state index in [2.05, 4.69) is 21.4 Å². The number of benzene rings is 1. The number of nitrogens with one attached hydrogen (secondary N) is 1. The molecule has 0 unspecified atom stereocenters. The molecule has 22 heavy (non-hydrogen) atoms. The predicted octanol–water partition coefficient (Wildman–Crippen LogP) is 2.43. The highest BCUT2D eigenvalue weighted by molar-refractivity contribution is 7.15. The van der Waals surface area contributed by atoms with Crippen LogP contribution >= 0.6 is 11.3 Å². The fraction of sp³-hybridized carbons (Fsp3) is 0.188. The number of nitrogens with two attached hydrogens (primary N) is 1. The molecule has 6 heteroatoms. The van der Waals surface area contributed by atoms with Crippen LogP contribution in [-0.2, 0) is 11.3 Å². The first-order valence-electron chi connectivity index (χ1n) is 7.07. The highest BCUT2D eigenvalue weighted by Gasteiger charge is 2.28. The number of hydrogen-bond donors (Lipinski definition) is 2. The summed E-state index contributed by atoms with van der Waals surface area (Å²) in [6.07, 6.45) is 4.04. The fourth-order valence-corrected chi connectivity index (χ4v) is 3.99. The van der Waals surface area contributed by atoms with Crippen LogP contribution in [0.1, 0.15) is 28.5 Å². The number of rotatable bonds is 1. The summed E-state index contributed by atoms with van der Waals surface area (Å²) < 4.78 is 0. The number of carbonyl (C=O) groups excluding carboxylic acids is 1. The van der Waals surface area contributed by atoms with Crippen molar-refractivity contribution in [2.45, 2.75) is 18.9 Å². The van der Waals surface area contributed by atoms with Gasteiger partial charge in [0.2, 0.25) is 5.91 Å². The van der Waals surface area contributed by atoms with Gasteiger partial charge in [-0.05, 0) is 17.0 Å². The average molecular weight is 310 g/mol. The molecule has 5 nitrogen and oxygen atoms in total. The Morgan fingerprint density at radius 2 is 2.23 bits per heavy atom. The second-order valence-electron chi connectivity index (χ2n) is 5.34. The van der Waals surface area contributed by atoms with Crippen LogP contribution < -0.4 is 11.1 Å². The van der Waals surface area contributed by atoms with Crippen molar-refractivity contribution < 1.29 is 4.79 Å². The molecule has 1 amide bonds. The van der Waals surface area contributed by atoms with Gasteiger partial charge in [0.05, 0.1) is 12.2 Å². The molecule has 1 aromatic carbocycles. The molecule has 1 aliphatic heterocycles. The molecule has 0 spiro atoms. The average Bonchev–Trinajstić information content (AvgIpc) is 2.84. The first-order valence-corrected chi connectivity index (χ1v) is 7.88. The van der Waals surface area contributed by atoms with E-state index in [1.807, 2.05) is 24.4 Å². The maximum absolute atomic E-state index is 12.1. The summed E-state index contributed by atoms with van der Waals surface area (Å²) in [5.41, 5.74) is 7.89. The molecule has 0 saturated heterocycles. The molecule has 1 atom stereocenters. The molecule has 0 aliphatic carbocycles. The molecule has 3 N–H and O–H groups in total. The number of nitrogen functional groups attached to an aromatic ring is 1. The summed E-state index contributed by atoms with van der Waals surface area (Å²) in [7, 11) is 0. The summed E-state index contributed by atoms with van der Waals surface area (Å²) >= 11 is 1.48. The van der Waals surface area contributed by atoms with Gasteiger partial charge in [-0.3, -0.25) is 9.78 Å². The van der Waals surface area contributed by atoms with Crippen molar-refractivity contribution in [3.8, 4) is 0 Å². The normalized spacial score (nSPS) is 17.8. The highest BCUT2D eigenvalue weighted by Crippen LogP contribution is 2.39. The molecule has 110 valence electrons. The molecule has 1 aliphatic rings. The van der Waals surface area contributed by atoms with Crippen molar-refractivity contribution in [1.29, 1.82) is 0 Å². The number of aromatic nitrogens is 2. The summed E-state index contributed by atoms with van der Waals surface area (Å²) in [5.74, 6) is 0.0261. The number of thiazole rings is 1. The Balaban J connectivity index is 1.94. The quantitative estimate of drug-likeness (QED) is 0.723. The molecule has 3 aromatic rings. The molecular weight excluding hydrogens is 296 g/mol. The smallest absolute Gasteiger partial charge is 0.221 e. The molecule has 0 bridgehead atoms. The minimum Gasteiger partial charge on any atom is -0.375 e. The van der Waals surface area contributed by atoms with Crippen molar-refractivity contribution in [3.05, 3.63) is 52.8 Å². The largest absolute Gasteiger partial charge is 0.375 e. The van der Waals surface area contributed by atoms with E-state index in [1.165, 1.54) is 11.3 Å². The molecular formula is C16H14N4OS. The number of fused-ring (bicyclic) bond motifs is 2. The van der Waals surface area contributed by atoms with E-state index in [9.17, 15) is 4.79 Å². The van der Waals surface area contributed by atoms with Crippen LogP contribution in [0.3, 0.4) is 0 Å². The Bertz CT molecular complexity index is 868. The first kappa shape index (κ1) is 13.2. The topological polar surface area (TPSA) is 80.9 Å². The van der Waals surface area contributed by atoms with E-state index in [-0.39, 0.29) is 11.8 Å². The number of carbonyl (C=O) groups is 1. The molecule has 2 aromatic heterocycles. The van der Waals surface area contributed by atoms with Crippen molar-refractivity contribution in [1.82, 2.24) is 15.3 Å². The van der Waals surface area contributed by atoms with E-state index in [4.69, 9.17) is 5.73 Å². The SMILES string of the molecule is Nc1nc2c(s1)[C@H](c1cccc3cnccc13)CC(=O)NC2. The van der Waals surface area contributed by atoms with Gasteiger partial charge >= 0.3 is 0 Å². The van der Waals surface area contributed by atoms with Crippen LogP contribution in [0.25, 0.3) is 10.8 Å². The summed E-state index contributed by atoms with van der Waals surface area (Å²) in [6, 6.07) is 8.11. The molecule has 4 rings (SSSR count). The Labute approximate surface area is 131 Å². The summed E-state index contributed by atoms with van der Waals surface area (Å²) in [5, 5.41) is 5.64. The van der Waals surface area contributed by atoms with E-state index in [0.717, 1.165) is 26.9 Å². The van der Waals surface area contributed by atoms with Crippen LogP contribution in [0.4, 0.5) is 5.13 Å². The Morgan fingerprint density at radius 1 is 1.32 bits per heavy atom. The third kappa shape index (κ3) is 2.12. The molecule has 3 heterocycles. The Morgan fingerprint density at radius 3 is 3.14 bits per heavy atom. The predicted molar refractivity (Wildman–Crippen MR) is 86.6 cm³/mol. The van der Waals surface area contributed by atoms with Gasteiger partial charge in [-0.2, -0.15) is 0 Å². The minimum atomic E-state index is -0.0154. The maximum Gasteiger partial charge on any atom is 0.221 e. The number of nitrogens with zero attached hydrogens (tertiary/aromatic N) is 2. The summed E-state index contributed by atoms with van der Waals surface area (Å²) in [4.78, 5) is 21.7. The van der Waals surface area contributed by atoms with Crippen molar-refractivity contribution in [2.75, 3.05) is 5.73 Å². The Kier molecular flexibility index (Phi) is 3.04.